The monoisotopic (exact) mass is 296 g/mol. The lowest BCUT2D eigenvalue weighted by Crippen LogP contribution is -2.31. The van der Waals surface area contributed by atoms with Crippen LogP contribution in [0.2, 0.25) is 0 Å². The van der Waals surface area contributed by atoms with Crippen molar-refractivity contribution in [2.45, 2.75) is 39.2 Å². The van der Waals surface area contributed by atoms with Gasteiger partial charge >= 0.3 is 0 Å². The van der Waals surface area contributed by atoms with E-state index in [-0.39, 0.29) is 17.3 Å². The van der Waals surface area contributed by atoms with Gasteiger partial charge in [0, 0.05) is 29.9 Å². The Morgan fingerprint density at radius 1 is 1.45 bits per heavy atom. The number of hydrogen-bond acceptors (Lipinski definition) is 3. The van der Waals surface area contributed by atoms with Crippen LogP contribution in [0.25, 0.3) is 16.5 Å². The molecule has 4 rings (SSSR count). The number of carbonyl (C=O) groups excluding carboxylic acids is 1. The van der Waals surface area contributed by atoms with Gasteiger partial charge < -0.3 is 4.74 Å². The summed E-state index contributed by atoms with van der Waals surface area (Å²) in [6.07, 6.45) is 4.32. The largest absolute Gasteiger partial charge is 0.376 e. The van der Waals surface area contributed by atoms with Crippen molar-refractivity contribution < 1.29 is 9.53 Å². The molecule has 2 aliphatic rings. The minimum absolute atomic E-state index is 0.00755. The fourth-order valence-corrected chi connectivity index (χ4v) is 4.59. The molecule has 1 heterocycles. The van der Waals surface area contributed by atoms with Gasteiger partial charge in [-0.15, -0.1) is 0 Å². The molecule has 2 aliphatic carbocycles. The second-order valence-electron chi connectivity index (χ2n) is 6.41. The summed E-state index contributed by atoms with van der Waals surface area (Å²) in [5.41, 5.74) is 5.43. The average Bonchev–Trinajstić information content (AvgIpc) is 3.10. The summed E-state index contributed by atoms with van der Waals surface area (Å²) in [5, 5.41) is 8.33. The number of nitrogens with one attached hydrogen (secondary N) is 1. The number of ether oxygens (including phenoxy) is 1. The van der Waals surface area contributed by atoms with E-state index in [9.17, 15) is 4.79 Å². The van der Waals surface area contributed by atoms with E-state index in [1.807, 2.05) is 13.1 Å². The van der Waals surface area contributed by atoms with Crippen LogP contribution in [-0.2, 0) is 9.53 Å². The molecule has 2 atom stereocenters. The number of carbonyl (C=O) groups is 1. The second kappa shape index (κ2) is 4.53. The Bertz CT molecular complexity index is 818. The molecule has 0 radical (unpaired) electrons. The standard InChI is InChI=1S/C18H20N2O2/c1-4-18-8-7-14(21)10(2)16(18)11-5-6-13-12(9-19-20-13)15(11)17(18)22-3/h5-6,9,17H,4,7-8H2,1-3H3,(H,19,20)/t17-,18+/m0/s1. The van der Waals surface area contributed by atoms with Crippen molar-refractivity contribution in [1.82, 2.24) is 10.2 Å². The van der Waals surface area contributed by atoms with Crippen molar-refractivity contribution in [3.8, 4) is 0 Å². The number of aromatic nitrogens is 2. The number of rotatable bonds is 2. The highest BCUT2D eigenvalue weighted by atomic mass is 16.5. The molecule has 4 nitrogen and oxygen atoms in total. The van der Waals surface area contributed by atoms with Crippen LogP contribution in [0.15, 0.2) is 23.9 Å². The Morgan fingerprint density at radius 2 is 2.27 bits per heavy atom. The number of fused-ring (bicyclic) bond motifs is 5. The molecule has 1 N–H and O–H groups in total. The second-order valence-corrected chi connectivity index (χ2v) is 6.41. The molecule has 4 heteroatoms. The van der Waals surface area contributed by atoms with Crippen molar-refractivity contribution in [3.63, 3.8) is 0 Å². The minimum atomic E-state index is -0.0827. The Labute approximate surface area is 129 Å². The molecule has 2 aromatic rings. The van der Waals surface area contributed by atoms with E-state index in [1.54, 1.807) is 7.11 Å². The van der Waals surface area contributed by atoms with E-state index >= 15 is 0 Å². The summed E-state index contributed by atoms with van der Waals surface area (Å²) >= 11 is 0. The number of Topliss-reactive ketones (excluding diaryl/α,β-unsaturated/α-hetero) is 1. The first-order valence-corrected chi connectivity index (χ1v) is 7.87. The SMILES string of the molecule is CC[C@@]12CCC(=O)C(C)=C1c1ccc3[nH]ncc3c1[C@@H]2OC. The third-order valence-corrected chi connectivity index (χ3v) is 5.66. The van der Waals surface area contributed by atoms with Crippen LogP contribution in [0.1, 0.15) is 50.3 Å². The molecule has 0 aliphatic heterocycles. The molecule has 0 spiro atoms. The van der Waals surface area contributed by atoms with Gasteiger partial charge in [0.05, 0.1) is 17.8 Å². The summed E-state index contributed by atoms with van der Waals surface area (Å²) in [6, 6.07) is 4.18. The highest BCUT2D eigenvalue weighted by Gasteiger charge is 2.52. The summed E-state index contributed by atoms with van der Waals surface area (Å²) in [5.74, 6) is 0.272. The average molecular weight is 296 g/mol. The maximum Gasteiger partial charge on any atom is 0.158 e. The van der Waals surface area contributed by atoms with E-state index in [2.05, 4.69) is 29.3 Å². The number of ketones is 1. The summed E-state index contributed by atoms with van der Waals surface area (Å²) in [4.78, 5) is 12.3. The van der Waals surface area contributed by atoms with Gasteiger partial charge in [0.2, 0.25) is 0 Å². The maximum absolute atomic E-state index is 12.3. The number of allylic oxidation sites excluding steroid dienone is 1. The van der Waals surface area contributed by atoms with E-state index in [0.717, 1.165) is 29.3 Å². The van der Waals surface area contributed by atoms with Crippen LogP contribution in [0, 0.1) is 5.41 Å². The van der Waals surface area contributed by atoms with Crippen molar-refractivity contribution in [2.75, 3.05) is 7.11 Å². The molecular formula is C18H20N2O2. The van der Waals surface area contributed by atoms with Crippen LogP contribution < -0.4 is 0 Å². The van der Waals surface area contributed by atoms with Crippen molar-refractivity contribution in [2.24, 2.45) is 5.41 Å². The third kappa shape index (κ3) is 1.46. The van der Waals surface area contributed by atoms with Crippen LogP contribution in [0.3, 0.4) is 0 Å². The number of aromatic amines is 1. The molecule has 0 saturated carbocycles. The molecule has 0 unspecified atom stereocenters. The predicted octanol–water partition coefficient (Wildman–Crippen LogP) is 3.80. The summed E-state index contributed by atoms with van der Waals surface area (Å²) in [6.45, 7) is 4.18. The molecule has 1 aromatic carbocycles. The summed E-state index contributed by atoms with van der Waals surface area (Å²) < 4.78 is 5.98. The van der Waals surface area contributed by atoms with Gasteiger partial charge in [-0.25, -0.2) is 0 Å². The van der Waals surface area contributed by atoms with E-state index in [4.69, 9.17) is 4.74 Å². The normalized spacial score (nSPS) is 27.4. The first-order valence-electron chi connectivity index (χ1n) is 7.87. The minimum Gasteiger partial charge on any atom is -0.376 e. The van der Waals surface area contributed by atoms with Crippen LogP contribution in [0.5, 0.6) is 0 Å². The lowest BCUT2D eigenvalue weighted by molar-refractivity contribution is -0.117. The van der Waals surface area contributed by atoms with Gasteiger partial charge in [0.25, 0.3) is 0 Å². The molecule has 114 valence electrons. The molecule has 0 fully saturated rings. The Hall–Kier alpha value is -1.94. The molecule has 1 aromatic heterocycles. The fraction of sp³-hybridized carbons (Fsp3) is 0.444. The summed E-state index contributed by atoms with van der Waals surface area (Å²) in [7, 11) is 1.78. The molecule has 0 amide bonds. The predicted molar refractivity (Wildman–Crippen MR) is 85.4 cm³/mol. The van der Waals surface area contributed by atoms with E-state index in [1.165, 1.54) is 16.7 Å². The highest BCUT2D eigenvalue weighted by Crippen LogP contribution is 2.63. The zero-order valence-corrected chi connectivity index (χ0v) is 13.2. The molecule has 0 saturated heterocycles. The number of nitrogens with zero attached hydrogens (tertiary/aromatic N) is 1. The first kappa shape index (κ1) is 13.7. The highest BCUT2D eigenvalue weighted by molar-refractivity contribution is 6.07. The first-order chi connectivity index (χ1) is 10.6. The van der Waals surface area contributed by atoms with Gasteiger partial charge in [0.1, 0.15) is 0 Å². The van der Waals surface area contributed by atoms with Crippen LogP contribution >= 0.6 is 0 Å². The Kier molecular flexibility index (Phi) is 2.82. The van der Waals surface area contributed by atoms with Gasteiger partial charge in [0.15, 0.2) is 5.78 Å². The molecule has 22 heavy (non-hydrogen) atoms. The lowest BCUT2D eigenvalue weighted by Gasteiger charge is -2.39. The lowest BCUT2D eigenvalue weighted by atomic mass is 9.67. The molecule has 0 bridgehead atoms. The van der Waals surface area contributed by atoms with Gasteiger partial charge in [-0.05, 0) is 42.5 Å². The fourth-order valence-electron chi connectivity index (χ4n) is 4.59. The topological polar surface area (TPSA) is 55.0 Å². The number of methoxy groups -OCH3 is 1. The number of benzene rings is 1. The number of H-pyrrole nitrogens is 1. The van der Waals surface area contributed by atoms with Crippen molar-refractivity contribution in [1.29, 1.82) is 0 Å². The Morgan fingerprint density at radius 3 is 3.00 bits per heavy atom. The third-order valence-electron chi connectivity index (χ3n) is 5.66. The zero-order valence-electron chi connectivity index (χ0n) is 13.2. The van der Waals surface area contributed by atoms with Gasteiger partial charge in [-0.3, -0.25) is 9.89 Å². The van der Waals surface area contributed by atoms with E-state index < -0.39 is 0 Å². The quantitative estimate of drug-likeness (QED) is 0.917. The van der Waals surface area contributed by atoms with Crippen molar-refractivity contribution >= 4 is 22.3 Å². The Balaban J connectivity index is 2.12. The smallest absolute Gasteiger partial charge is 0.158 e. The van der Waals surface area contributed by atoms with Gasteiger partial charge in [-0.2, -0.15) is 5.10 Å². The maximum atomic E-state index is 12.3. The zero-order chi connectivity index (χ0) is 15.5. The van der Waals surface area contributed by atoms with Crippen molar-refractivity contribution in [3.05, 3.63) is 35.0 Å². The van der Waals surface area contributed by atoms with Gasteiger partial charge in [-0.1, -0.05) is 13.0 Å². The number of hydrogen-bond donors (Lipinski definition) is 1. The van der Waals surface area contributed by atoms with Crippen LogP contribution in [0.4, 0.5) is 0 Å². The van der Waals surface area contributed by atoms with E-state index in [0.29, 0.717) is 6.42 Å². The molecular weight excluding hydrogens is 276 g/mol. The van der Waals surface area contributed by atoms with Crippen LogP contribution in [-0.4, -0.2) is 23.1 Å².